The highest BCUT2D eigenvalue weighted by atomic mass is 32.1. The Morgan fingerprint density at radius 2 is 2.10 bits per heavy atom. The number of hydrogen-bond donors (Lipinski definition) is 2. The quantitative estimate of drug-likeness (QED) is 0.677. The Hall–Kier alpha value is -2.78. The first-order chi connectivity index (χ1) is 14.0. The number of ether oxygens (including phenoxy) is 1. The van der Waals surface area contributed by atoms with E-state index in [1.807, 2.05) is 17.9 Å². The molecule has 4 rings (SSSR count). The Labute approximate surface area is 170 Å². The van der Waals surface area contributed by atoms with Crippen molar-refractivity contribution in [3.63, 3.8) is 0 Å². The lowest BCUT2D eigenvalue weighted by atomic mass is 10.1. The van der Waals surface area contributed by atoms with Gasteiger partial charge >= 0.3 is 0 Å². The van der Waals surface area contributed by atoms with E-state index in [1.54, 1.807) is 12.1 Å². The van der Waals surface area contributed by atoms with E-state index in [2.05, 4.69) is 15.6 Å². The van der Waals surface area contributed by atoms with E-state index in [-0.39, 0.29) is 11.2 Å². The van der Waals surface area contributed by atoms with Crippen molar-refractivity contribution in [2.24, 2.45) is 0 Å². The van der Waals surface area contributed by atoms with Gasteiger partial charge in [-0.3, -0.25) is 10.1 Å². The smallest absolute Gasteiger partial charge is 0.263 e. The molecule has 6 nitrogen and oxygen atoms in total. The molecule has 1 aliphatic heterocycles. The number of carbonyl (C=O) groups excluding carboxylic acids is 1. The van der Waals surface area contributed by atoms with Crippen LogP contribution in [0.3, 0.4) is 0 Å². The maximum absolute atomic E-state index is 14.7. The normalized spacial score (nSPS) is 16.8. The molecule has 1 aliphatic rings. The molecular formula is C20H20F2N4O2S. The van der Waals surface area contributed by atoms with Crippen LogP contribution in [-0.4, -0.2) is 43.7 Å². The van der Waals surface area contributed by atoms with Gasteiger partial charge in [0.1, 0.15) is 28.5 Å². The number of nitrogens with zero attached hydrogens (tertiary/aromatic N) is 2. The maximum atomic E-state index is 14.7. The van der Waals surface area contributed by atoms with Gasteiger partial charge in [-0.25, -0.2) is 13.8 Å². The van der Waals surface area contributed by atoms with Crippen LogP contribution in [0.15, 0.2) is 30.3 Å². The third-order valence-electron chi connectivity index (χ3n) is 4.91. The van der Waals surface area contributed by atoms with E-state index in [0.29, 0.717) is 23.5 Å². The van der Waals surface area contributed by atoms with Gasteiger partial charge in [0.25, 0.3) is 5.91 Å². The molecule has 2 N–H and O–H groups in total. The topological polar surface area (TPSA) is 66.5 Å². The number of fused-ring (bicyclic) bond motifs is 1. The molecule has 1 unspecified atom stereocenters. The van der Waals surface area contributed by atoms with Gasteiger partial charge < -0.3 is 15.0 Å². The largest absolute Gasteiger partial charge is 0.494 e. The number of nitrogens with one attached hydrogen (secondary N) is 2. The summed E-state index contributed by atoms with van der Waals surface area (Å²) in [5.74, 6) is -2.12. The molecule has 0 aliphatic carbocycles. The monoisotopic (exact) mass is 418 g/mol. The number of anilines is 2. The Balaban J connectivity index is 1.60. The standard InChI is InChI=1S/C20H20F2N4O2S/c1-11-10-23-6-7-26(11)12-8-13(21)17(14(22)9-12)19(27)25-20-24-18-15(28-2)4-3-5-16(18)29-20/h3-5,8-9,11,23H,6-7,10H2,1-2H3,(H,24,25,27). The molecule has 152 valence electrons. The summed E-state index contributed by atoms with van der Waals surface area (Å²) in [6, 6.07) is 7.90. The number of piperazine rings is 1. The third kappa shape index (κ3) is 3.75. The molecule has 2 aromatic carbocycles. The van der Waals surface area contributed by atoms with Crippen LogP contribution in [0.5, 0.6) is 5.75 Å². The summed E-state index contributed by atoms with van der Waals surface area (Å²) in [5, 5.41) is 5.97. The maximum Gasteiger partial charge on any atom is 0.263 e. The zero-order chi connectivity index (χ0) is 20.5. The number of aromatic nitrogens is 1. The van der Waals surface area contributed by atoms with Gasteiger partial charge in [0, 0.05) is 31.4 Å². The molecular weight excluding hydrogens is 398 g/mol. The van der Waals surface area contributed by atoms with Crippen molar-refractivity contribution in [3.05, 3.63) is 47.5 Å². The van der Waals surface area contributed by atoms with Crippen molar-refractivity contribution in [3.8, 4) is 5.75 Å². The number of carbonyl (C=O) groups is 1. The molecule has 3 aromatic rings. The van der Waals surface area contributed by atoms with E-state index >= 15 is 0 Å². The van der Waals surface area contributed by atoms with Crippen LogP contribution in [0.1, 0.15) is 17.3 Å². The molecule has 2 heterocycles. The minimum atomic E-state index is -0.901. The summed E-state index contributed by atoms with van der Waals surface area (Å²) < 4.78 is 35.4. The first kappa shape index (κ1) is 19.5. The zero-order valence-electron chi connectivity index (χ0n) is 16.0. The first-order valence-electron chi connectivity index (χ1n) is 9.19. The second-order valence-corrected chi connectivity index (χ2v) is 7.84. The number of halogens is 2. The number of benzene rings is 2. The van der Waals surface area contributed by atoms with Crippen LogP contribution >= 0.6 is 11.3 Å². The van der Waals surface area contributed by atoms with Crippen LogP contribution in [-0.2, 0) is 0 Å². The van der Waals surface area contributed by atoms with Gasteiger partial charge in [-0.05, 0) is 31.2 Å². The van der Waals surface area contributed by atoms with Gasteiger partial charge in [0.05, 0.1) is 11.8 Å². The lowest BCUT2D eigenvalue weighted by molar-refractivity contribution is 0.101. The molecule has 0 saturated carbocycles. The van der Waals surface area contributed by atoms with Gasteiger partial charge in [0.15, 0.2) is 5.13 Å². The molecule has 9 heteroatoms. The Morgan fingerprint density at radius 3 is 2.79 bits per heavy atom. The van der Waals surface area contributed by atoms with Crippen LogP contribution in [0, 0.1) is 11.6 Å². The molecule has 1 amide bonds. The zero-order valence-corrected chi connectivity index (χ0v) is 16.8. The second kappa shape index (κ2) is 7.92. The summed E-state index contributed by atoms with van der Waals surface area (Å²) in [6.45, 7) is 4.08. The Bertz CT molecular complexity index is 1050. The van der Waals surface area contributed by atoms with E-state index < -0.39 is 23.1 Å². The number of rotatable bonds is 4. The summed E-state index contributed by atoms with van der Waals surface area (Å²) >= 11 is 1.20. The molecule has 1 saturated heterocycles. The first-order valence-corrected chi connectivity index (χ1v) is 10.0. The highest BCUT2D eigenvalue weighted by molar-refractivity contribution is 7.22. The predicted octanol–water partition coefficient (Wildman–Crippen LogP) is 3.63. The highest BCUT2D eigenvalue weighted by Gasteiger charge is 2.24. The van der Waals surface area contributed by atoms with E-state index in [9.17, 15) is 13.6 Å². The van der Waals surface area contributed by atoms with Crippen LogP contribution < -0.4 is 20.3 Å². The van der Waals surface area contributed by atoms with Crippen LogP contribution in [0.2, 0.25) is 0 Å². The number of methoxy groups -OCH3 is 1. The summed E-state index contributed by atoms with van der Waals surface area (Å²) in [6.07, 6.45) is 0. The lowest BCUT2D eigenvalue weighted by Crippen LogP contribution is -2.50. The fraction of sp³-hybridized carbons (Fsp3) is 0.300. The number of amides is 1. The van der Waals surface area contributed by atoms with E-state index in [0.717, 1.165) is 17.8 Å². The molecule has 1 atom stereocenters. The van der Waals surface area contributed by atoms with Crippen molar-refractivity contribution in [1.82, 2.24) is 10.3 Å². The molecule has 29 heavy (non-hydrogen) atoms. The minimum Gasteiger partial charge on any atom is -0.494 e. The Kier molecular flexibility index (Phi) is 5.33. The number of thiazole rings is 1. The SMILES string of the molecule is COc1cccc2sc(NC(=O)c3c(F)cc(N4CCNCC4C)cc3F)nc12. The van der Waals surface area contributed by atoms with Gasteiger partial charge in [-0.1, -0.05) is 17.4 Å². The summed E-state index contributed by atoms with van der Waals surface area (Å²) in [4.78, 5) is 18.8. The number of hydrogen-bond acceptors (Lipinski definition) is 6. The van der Waals surface area contributed by atoms with Crippen molar-refractivity contribution in [2.75, 3.05) is 37.0 Å². The van der Waals surface area contributed by atoms with Crippen LogP contribution in [0.25, 0.3) is 10.2 Å². The average molecular weight is 418 g/mol. The van der Waals surface area contributed by atoms with Crippen molar-refractivity contribution in [2.45, 2.75) is 13.0 Å². The summed E-state index contributed by atoms with van der Waals surface area (Å²) in [7, 11) is 1.53. The van der Waals surface area contributed by atoms with Gasteiger partial charge in [-0.2, -0.15) is 0 Å². The Morgan fingerprint density at radius 1 is 1.34 bits per heavy atom. The lowest BCUT2D eigenvalue weighted by Gasteiger charge is -2.36. The molecule has 1 aromatic heterocycles. The molecule has 1 fully saturated rings. The molecule has 0 bridgehead atoms. The molecule has 0 spiro atoms. The third-order valence-corrected chi connectivity index (χ3v) is 5.85. The van der Waals surface area contributed by atoms with Gasteiger partial charge in [0.2, 0.25) is 0 Å². The van der Waals surface area contributed by atoms with Crippen molar-refractivity contribution >= 4 is 38.3 Å². The average Bonchev–Trinajstić information content (AvgIpc) is 3.10. The predicted molar refractivity (Wildman–Crippen MR) is 110 cm³/mol. The van der Waals surface area contributed by atoms with E-state index in [4.69, 9.17) is 4.74 Å². The minimum absolute atomic E-state index is 0.0972. The number of para-hydroxylation sites is 1. The van der Waals surface area contributed by atoms with Crippen molar-refractivity contribution < 1.29 is 18.3 Å². The fourth-order valence-corrected chi connectivity index (χ4v) is 4.35. The van der Waals surface area contributed by atoms with E-state index in [1.165, 1.54) is 30.6 Å². The van der Waals surface area contributed by atoms with Gasteiger partial charge in [-0.15, -0.1) is 0 Å². The van der Waals surface area contributed by atoms with Crippen molar-refractivity contribution in [1.29, 1.82) is 0 Å². The molecule has 0 radical (unpaired) electrons. The summed E-state index contributed by atoms with van der Waals surface area (Å²) in [5.41, 5.74) is 0.386. The highest BCUT2D eigenvalue weighted by Crippen LogP contribution is 2.33. The fourth-order valence-electron chi connectivity index (χ4n) is 3.47. The second-order valence-electron chi connectivity index (χ2n) is 6.81. The van der Waals surface area contributed by atoms with Crippen LogP contribution in [0.4, 0.5) is 19.6 Å².